The molecule has 2 heterocycles. The van der Waals surface area contributed by atoms with Crippen molar-refractivity contribution >= 4 is 51.5 Å². The Labute approximate surface area is 149 Å². The third-order valence-electron chi connectivity index (χ3n) is 3.61. The van der Waals surface area contributed by atoms with Crippen LogP contribution in [0, 0.1) is 5.92 Å². The maximum absolute atomic E-state index is 12.4. The molecule has 1 saturated heterocycles. The first kappa shape index (κ1) is 19.4. The number of carbonyl (C=O) groups excluding carboxylic acids is 2. The molecule has 2 unspecified atom stereocenters. The maximum Gasteiger partial charge on any atom is 0.262 e. The van der Waals surface area contributed by atoms with Gasteiger partial charge in [0.1, 0.15) is 6.04 Å². The fraction of sp³-hybridized carbons (Fsp3) is 0.571. The molecule has 0 aliphatic carbocycles. The zero-order chi connectivity index (χ0) is 15.4. The average molecular weight is 411 g/mol. The van der Waals surface area contributed by atoms with Gasteiger partial charge >= 0.3 is 0 Å². The molecule has 1 fully saturated rings. The summed E-state index contributed by atoms with van der Waals surface area (Å²) in [7, 11) is 1.92. The summed E-state index contributed by atoms with van der Waals surface area (Å²) in [5.74, 6) is 0.310. The van der Waals surface area contributed by atoms with Crippen LogP contribution in [0.1, 0.15) is 23.0 Å². The standard InChI is InChI=1S/C14H20BrN3O2S.ClH/c1-9(17-13(19)11-3-4-12(15)21-11)14(20)18-6-5-10(8-18)7-16-2;/h3-4,9-10,16H,5-8H2,1-2H3,(H,17,19);1H. The van der Waals surface area contributed by atoms with E-state index in [-0.39, 0.29) is 24.2 Å². The van der Waals surface area contributed by atoms with Gasteiger partial charge in [-0.1, -0.05) is 0 Å². The number of carbonyl (C=O) groups is 2. The summed E-state index contributed by atoms with van der Waals surface area (Å²) >= 11 is 4.69. The first-order chi connectivity index (χ1) is 10.0. The van der Waals surface area contributed by atoms with E-state index in [0.717, 1.165) is 29.8 Å². The molecule has 2 atom stereocenters. The summed E-state index contributed by atoms with van der Waals surface area (Å²) in [6, 6.07) is 3.08. The molecule has 1 aliphatic rings. The Morgan fingerprint density at radius 2 is 2.23 bits per heavy atom. The van der Waals surface area contributed by atoms with E-state index in [1.165, 1.54) is 11.3 Å². The second-order valence-corrected chi connectivity index (χ2v) is 7.76. The molecule has 0 saturated carbocycles. The highest BCUT2D eigenvalue weighted by Gasteiger charge is 2.29. The fourth-order valence-corrected chi connectivity index (χ4v) is 3.82. The number of amides is 2. The molecule has 22 heavy (non-hydrogen) atoms. The fourth-order valence-electron chi connectivity index (χ4n) is 2.53. The van der Waals surface area contributed by atoms with Gasteiger partial charge in [-0.15, -0.1) is 23.7 Å². The van der Waals surface area contributed by atoms with Gasteiger partial charge in [-0.2, -0.15) is 0 Å². The Kier molecular flexibility index (Phi) is 7.82. The van der Waals surface area contributed by atoms with Gasteiger partial charge < -0.3 is 15.5 Å². The van der Waals surface area contributed by atoms with E-state index >= 15 is 0 Å². The van der Waals surface area contributed by atoms with Gasteiger partial charge in [0.05, 0.1) is 8.66 Å². The van der Waals surface area contributed by atoms with Gasteiger partial charge in [0.2, 0.25) is 5.91 Å². The molecule has 124 valence electrons. The Balaban J connectivity index is 0.00000242. The van der Waals surface area contributed by atoms with Gasteiger partial charge in [-0.3, -0.25) is 9.59 Å². The van der Waals surface area contributed by atoms with Crippen molar-refractivity contribution < 1.29 is 9.59 Å². The first-order valence-corrected chi connectivity index (χ1v) is 8.61. The van der Waals surface area contributed by atoms with E-state index in [1.54, 1.807) is 13.0 Å². The van der Waals surface area contributed by atoms with Crippen LogP contribution in [-0.4, -0.2) is 49.4 Å². The molecule has 1 aromatic rings. The molecule has 0 aromatic carbocycles. The zero-order valence-corrected chi connectivity index (χ0v) is 15.8. The molecule has 0 radical (unpaired) electrons. The summed E-state index contributed by atoms with van der Waals surface area (Å²) < 4.78 is 0.904. The van der Waals surface area contributed by atoms with E-state index in [9.17, 15) is 9.59 Å². The number of thiophene rings is 1. The van der Waals surface area contributed by atoms with Crippen molar-refractivity contribution in [1.82, 2.24) is 15.5 Å². The summed E-state index contributed by atoms with van der Waals surface area (Å²) in [4.78, 5) is 26.9. The number of likely N-dealkylation sites (tertiary alicyclic amines) is 1. The summed E-state index contributed by atoms with van der Waals surface area (Å²) in [6.07, 6.45) is 1.02. The predicted octanol–water partition coefficient (Wildman–Crippen LogP) is 2.12. The molecule has 8 heteroatoms. The lowest BCUT2D eigenvalue weighted by atomic mass is 10.1. The molecule has 0 bridgehead atoms. The van der Waals surface area contributed by atoms with Crippen LogP contribution in [0.25, 0.3) is 0 Å². The lowest BCUT2D eigenvalue weighted by molar-refractivity contribution is -0.131. The maximum atomic E-state index is 12.4. The van der Waals surface area contributed by atoms with E-state index in [4.69, 9.17) is 0 Å². The van der Waals surface area contributed by atoms with Crippen molar-refractivity contribution in [2.75, 3.05) is 26.7 Å². The van der Waals surface area contributed by atoms with E-state index in [0.29, 0.717) is 10.8 Å². The Morgan fingerprint density at radius 1 is 1.50 bits per heavy atom. The highest BCUT2D eigenvalue weighted by molar-refractivity contribution is 9.11. The molecule has 1 aromatic heterocycles. The molecule has 2 rings (SSSR count). The Bertz CT molecular complexity index is 526. The lowest BCUT2D eigenvalue weighted by Gasteiger charge is -2.21. The Hall–Kier alpha value is -0.630. The number of hydrogen-bond donors (Lipinski definition) is 2. The second-order valence-electron chi connectivity index (χ2n) is 5.30. The number of nitrogens with zero attached hydrogens (tertiary/aromatic N) is 1. The molecular formula is C14H21BrClN3O2S. The third-order valence-corrected chi connectivity index (χ3v) is 5.23. The summed E-state index contributed by atoms with van der Waals surface area (Å²) in [5.41, 5.74) is 0. The molecule has 0 spiro atoms. The third kappa shape index (κ3) is 4.94. The predicted molar refractivity (Wildman–Crippen MR) is 94.8 cm³/mol. The van der Waals surface area contributed by atoms with Crippen molar-refractivity contribution in [1.29, 1.82) is 0 Å². The lowest BCUT2D eigenvalue weighted by Crippen LogP contribution is -2.46. The number of rotatable bonds is 5. The van der Waals surface area contributed by atoms with Crippen molar-refractivity contribution in [3.05, 3.63) is 20.8 Å². The summed E-state index contributed by atoms with van der Waals surface area (Å²) in [6.45, 7) is 4.21. The van der Waals surface area contributed by atoms with E-state index < -0.39 is 6.04 Å². The van der Waals surface area contributed by atoms with Crippen molar-refractivity contribution in [2.45, 2.75) is 19.4 Å². The SMILES string of the molecule is CNCC1CCN(C(=O)C(C)NC(=O)c2ccc(Br)s2)C1.Cl. The molecular weight excluding hydrogens is 390 g/mol. The molecule has 1 aliphatic heterocycles. The highest BCUT2D eigenvalue weighted by Crippen LogP contribution is 2.22. The quantitative estimate of drug-likeness (QED) is 0.781. The highest BCUT2D eigenvalue weighted by atomic mass is 79.9. The van der Waals surface area contributed by atoms with Gasteiger partial charge in [0.15, 0.2) is 0 Å². The Morgan fingerprint density at radius 3 is 2.82 bits per heavy atom. The van der Waals surface area contributed by atoms with Crippen molar-refractivity contribution in [3.8, 4) is 0 Å². The van der Waals surface area contributed by atoms with Crippen LogP contribution in [-0.2, 0) is 4.79 Å². The van der Waals surface area contributed by atoms with Crippen molar-refractivity contribution in [3.63, 3.8) is 0 Å². The van der Waals surface area contributed by atoms with Gasteiger partial charge in [0, 0.05) is 13.1 Å². The van der Waals surface area contributed by atoms with Crippen LogP contribution in [0.5, 0.6) is 0 Å². The zero-order valence-electron chi connectivity index (χ0n) is 12.6. The summed E-state index contributed by atoms with van der Waals surface area (Å²) in [5, 5.41) is 5.92. The van der Waals surface area contributed by atoms with E-state index in [2.05, 4.69) is 26.6 Å². The van der Waals surface area contributed by atoms with Crippen LogP contribution in [0.3, 0.4) is 0 Å². The average Bonchev–Trinajstić information content (AvgIpc) is 3.07. The molecule has 2 amide bonds. The minimum absolute atomic E-state index is 0. The van der Waals surface area contributed by atoms with Gasteiger partial charge in [-0.05, 0) is 60.9 Å². The van der Waals surface area contributed by atoms with Crippen LogP contribution >= 0.6 is 39.7 Å². The first-order valence-electron chi connectivity index (χ1n) is 7.01. The normalized spacial score (nSPS) is 18.7. The van der Waals surface area contributed by atoms with Gasteiger partial charge in [-0.25, -0.2) is 0 Å². The monoisotopic (exact) mass is 409 g/mol. The van der Waals surface area contributed by atoms with Crippen LogP contribution < -0.4 is 10.6 Å². The van der Waals surface area contributed by atoms with Crippen LogP contribution in [0.15, 0.2) is 15.9 Å². The minimum Gasteiger partial charge on any atom is -0.341 e. The second kappa shape index (κ2) is 8.86. The van der Waals surface area contributed by atoms with Crippen LogP contribution in [0.2, 0.25) is 0 Å². The van der Waals surface area contributed by atoms with Crippen LogP contribution in [0.4, 0.5) is 0 Å². The number of nitrogens with one attached hydrogen (secondary N) is 2. The van der Waals surface area contributed by atoms with Crippen molar-refractivity contribution in [2.24, 2.45) is 5.92 Å². The van der Waals surface area contributed by atoms with Gasteiger partial charge in [0.25, 0.3) is 5.91 Å². The van der Waals surface area contributed by atoms with E-state index in [1.807, 2.05) is 18.0 Å². The molecule has 2 N–H and O–H groups in total. The smallest absolute Gasteiger partial charge is 0.262 e. The number of hydrogen-bond acceptors (Lipinski definition) is 4. The largest absolute Gasteiger partial charge is 0.341 e. The topological polar surface area (TPSA) is 61.4 Å². The molecule has 5 nitrogen and oxygen atoms in total. The minimum atomic E-state index is -0.494. The number of halogens is 2.